The third-order valence-corrected chi connectivity index (χ3v) is 4.59. The summed E-state index contributed by atoms with van der Waals surface area (Å²) in [4.78, 5) is 27.2. The number of carbonyl (C=O) groups excluding carboxylic acids is 2. The Balaban J connectivity index is 1.55. The van der Waals surface area contributed by atoms with Crippen molar-refractivity contribution in [3.05, 3.63) is 53.3 Å². The van der Waals surface area contributed by atoms with Crippen molar-refractivity contribution >= 4 is 39.7 Å². The highest BCUT2D eigenvalue weighted by atomic mass is 32.1. The minimum absolute atomic E-state index is 0.196. The van der Waals surface area contributed by atoms with Gasteiger partial charge in [0.25, 0.3) is 5.91 Å². The number of anilines is 3. The smallest absolute Gasteiger partial charge is 0.257 e. The average molecular weight is 384 g/mol. The van der Waals surface area contributed by atoms with Crippen LogP contribution in [0.2, 0.25) is 0 Å². The molecule has 2 aromatic heterocycles. The van der Waals surface area contributed by atoms with Crippen molar-refractivity contribution in [2.45, 2.75) is 26.3 Å². The van der Waals surface area contributed by atoms with Crippen LogP contribution in [0.15, 0.2) is 42.0 Å². The maximum absolute atomic E-state index is 12.2. The third-order valence-electron chi connectivity index (χ3n) is 3.72. The number of amides is 2. The van der Waals surface area contributed by atoms with Crippen molar-refractivity contribution in [3.63, 3.8) is 0 Å². The number of thiazole rings is 1. The van der Waals surface area contributed by atoms with Crippen LogP contribution in [0.4, 0.5) is 16.5 Å². The number of hydrogen-bond acceptors (Lipinski definition) is 6. The van der Waals surface area contributed by atoms with Gasteiger partial charge in [-0.3, -0.25) is 19.6 Å². The molecule has 0 atom stereocenters. The Labute approximate surface area is 160 Å². The van der Waals surface area contributed by atoms with Gasteiger partial charge in [-0.05, 0) is 37.6 Å². The normalized spacial score (nSPS) is 10.6. The molecule has 0 saturated heterocycles. The lowest BCUT2D eigenvalue weighted by atomic mass is 10.2. The zero-order valence-electron chi connectivity index (χ0n) is 14.8. The van der Waals surface area contributed by atoms with Gasteiger partial charge in [-0.25, -0.2) is 4.98 Å². The summed E-state index contributed by atoms with van der Waals surface area (Å²) in [5.41, 5.74) is 8.23. The molecule has 0 radical (unpaired) electrons. The van der Waals surface area contributed by atoms with E-state index in [0.717, 1.165) is 17.1 Å². The van der Waals surface area contributed by atoms with Crippen molar-refractivity contribution in [2.24, 2.45) is 5.73 Å². The molecule has 140 valence electrons. The molecule has 0 bridgehead atoms. The first-order valence-corrected chi connectivity index (χ1v) is 9.29. The zero-order valence-corrected chi connectivity index (χ0v) is 15.6. The van der Waals surface area contributed by atoms with Crippen molar-refractivity contribution in [3.8, 4) is 0 Å². The number of carbonyl (C=O) groups is 2. The molecule has 2 heterocycles. The molecule has 3 aromatic rings. The predicted molar refractivity (Wildman–Crippen MR) is 105 cm³/mol. The van der Waals surface area contributed by atoms with E-state index in [0.29, 0.717) is 30.1 Å². The van der Waals surface area contributed by atoms with Crippen LogP contribution in [-0.2, 0) is 11.3 Å². The second-order valence-corrected chi connectivity index (χ2v) is 6.87. The quantitative estimate of drug-likeness (QED) is 0.552. The van der Waals surface area contributed by atoms with Crippen molar-refractivity contribution in [1.29, 1.82) is 0 Å². The Bertz CT molecular complexity index is 931. The molecule has 3 rings (SSSR count). The molecule has 0 fully saturated rings. The Kier molecular flexibility index (Phi) is 5.82. The Morgan fingerprint density at radius 3 is 2.67 bits per heavy atom. The molecular formula is C18H20N6O2S. The Morgan fingerprint density at radius 1 is 1.22 bits per heavy atom. The molecule has 2 amide bonds. The van der Waals surface area contributed by atoms with Crippen LogP contribution >= 0.6 is 11.3 Å². The lowest BCUT2D eigenvalue weighted by molar-refractivity contribution is -0.118. The van der Waals surface area contributed by atoms with Crippen LogP contribution in [0.3, 0.4) is 0 Å². The van der Waals surface area contributed by atoms with E-state index in [1.807, 2.05) is 30.6 Å². The summed E-state index contributed by atoms with van der Waals surface area (Å²) in [6, 6.07) is 7.14. The monoisotopic (exact) mass is 384 g/mol. The number of aromatic nitrogens is 3. The van der Waals surface area contributed by atoms with E-state index in [4.69, 9.17) is 5.73 Å². The van der Waals surface area contributed by atoms with E-state index in [9.17, 15) is 9.59 Å². The molecule has 0 aliphatic carbocycles. The summed E-state index contributed by atoms with van der Waals surface area (Å²) < 4.78 is 1.75. The summed E-state index contributed by atoms with van der Waals surface area (Å²) in [5, 5.41) is 12.7. The Hall–Kier alpha value is -3.20. The maximum atomic E-state index is 12.2. The van der Waals surface area contributed by atoms with Crippen molar-refractivity contribution in [2.75, 3.05) is 10.6 Å². The highest BCUT2D eigenvalue weighted by molar-refractivity contribution is 7.13. The highest BCUT2D eigenvalue weighted by Gasteiger charge is 2.08. The first kappa shape index (κ1) is 18.6. The fourth-order valence-electron chi connectivity index (χ4n) is 2.42. The van der Waals surface area contributed by atoms with Gasteiger partial charge in [0.05, 0.1) is 17.6 Å². The van der Waals surface area contributed by atoms with Gasteiger partial charge in [0.1, 0.15) is 0 Å². The molecule has 9 heteroatoms. The maximum Gasteiger partial charge on any atom is 0.257 e. The fourth-order valence-corrected chi connectivity index (χ4v) is 3.10. The number of rotatable bonds is 8. The minimum atomic E-state index is -0.311. The van der Waals surface area contributed by atoms with Gasteiger partial charge in [-0.2, -0.15) is 5.10 Å². The molecule has 1 aromatic carbocycles. The lowest BCUT2D eigenvalue weighted by Crippen LogP contribution is -2.11. The van der Waals surface area contributed by atoms with Gasteiger partial charge in [0.2, 0.25) is 5.91 Å². The first-order valence-electron chi connectivity index (χ1n) is 8.41. The summed E-state index contributed by atoms with van der Waals surface area (Å²) in [5.74, 6) is -0.507. The number of aryl methyl sites for hydroxylation is 2. The summed E-state index contributed by atoms with van der Waals surface area (Å²) >= 11 is 1.40. The van der Waals surface area contributed by atoms with Crippen LogP contribution in [0.1, 0.15) is 28.9 Å². The fraction of sp³-hybridized carbons (Fsp3) is 0.222. The van der Waals surface area contributed by atoms with Crippen LogP contribution in [0.25, 0.3) is 0 Å². The zero-order chi connectivity index (χ0) is 19.2. The van der Waals surface area contributed by atoms with Crippen molar-refractivity contribution in [1.82, 2.24) is 14.8 Å². The van der Waals surface area contributed by atoms with E-state index in [2.05, 4.69) is 20.7 Å². The average Bonchev–Trinajstić information content (AvgIpc) is 3.24. The van der Waals surface area contributed by atoms with Gasteiger partial charge >= 0.3 is 0 Å². The Morgan fingerprint density at radius 2 is 2.00 bits per heavy atom. The van der Waals surface area contributed by atoms with E-state index < -0.39 is 0 Å². The molecule has 4 N–H and O–H groups in total. The van der Waals surface area contributed by atoms with Crippen LogP contribution in [0.5, 0.6) is 0 Å². The second-order valence-electron chi connectivity index (χ2n) is 6.01. The number of primary amides is 1. The van der Waals surface area contributed by atoms with E-state index in [-0.39, 0.29) is 11.8 Å². The molecule has 0 unspecified atom stereocenters. The number of benzene rings is 1. The molecule has 0 aliphatic heterocycles. The number of nitrogens with two attached hydrogens (primary N) is 1. The van der Waals surface area contributed by atoms with Gasteiger partial charge < -0.3 is 11.1 Å². The molecule has 0 spiro atoms. The molecule has 0 saturated carbocycles. The highest BCUT2D eigenvalue weighted by Crippen LogP contribution is 2.19. The molecule has 27 heavy (non-hydrogen) atoms. The number of nitrogens with zero attached hydrogens (tertiary/aromatic N) is 3. The van der Waals surface area contributed by atoms with Crippen LogP contribution in [-0.4, -0.2) is 26.6 Å². The number of nitrogens with one attached hydrogen (secondary N) is 2. The topological polar surface area (TPSA) is 115 Å². The molecular weight excluding hydrogens is 364 g/mol. The largest absolute Gasteiger partial charge is 0.370 e. The van der Waals surface area contributed by atoms with Gasteiger partial charge in [0.15, 0.2) is 5.13 Å². The summed E-state index contributed by atoms with van der Waals surface area (Å²) in [6.45, 7) is 2.51. The standard InChI is InChI=1S/C18H20N6O2S/c1-12-11-27-18(21-12)23-17(26)13-4-6-14(7-5-13)22-15-9-20-24(10-15)8-2-3-16(19)25/h4-7,9-11,22H,2-3,8H2,1H3,(H2,19,25)(H,21,23,26). The van der Waals surface area contributed by atoms with E-state index >= 15 is 0 Å². The molecule has 0 aliphatic rings. The second kappa shape index (κ2) is 8.45. The number of hydrogen-bond donors (Lipinski definition) is 3. The van der Waals surface area contributed by atoms with Gasteiger partial charge in [-0.1, -0.05) is 0 Å². The lowest BCUT2D eigenvalue weighted by Gasteiger charge is -2.05. The van der Waals surface area contributed by atoms with Crippen LogP contribution in [0, 0.1) is 6.92 Å². The summed E-state index contributed by atoms with van der Waals surface area (Å²) in [6.07, 6.45) is 4.55. The van der Waals surface area contributed by atoms with E-state index in [1.165, 1.54) is 11.3 Å². The molecule has 8 nitrogen and oxygen atoms in total. The predicted octanol–water partition coefficient (Wildman–Crippen LogP) is 2.91. The van der Waals surface area contributed by atoms with Gasteiger partial charge in [0, 0.05) is 35.8 Å². The SMILES string of the molecule is Cc1csc(NC(=O)c2ccc(Nc3cnn(CCCC(N)=O)c3)cc2)n1. The van der Waals surface area contributed by atoms with E-state index in [1.54, 1.807) is 23.0 Å². The van der Waals surface area contributed by atoms with Crippen LogP contribution < -0.4 is 16.4 Å². The third kappa shape index (κ3) is 5.38. The van der Waals surface area contributed by atoms with Gasteiger partial charge in [-0.15, -0.1) is 11.3 Å². The van der Waals surface area contributed by atoms with Crippen molar-refractivity contribution < 1.29 is 9.59 Å². The minimum Gasteiger partial charge on any atom is -0.370 e. The summed E-state index contributed by atoms with van der Waals surface area (Å²) in [7, 11) is 0. The first-order chi connectivity index (χ1) is 13.0.